The Bertz CT molecular complexity index is 2660. The number of fused-ring (bicyclic) bond motifs is 2. The van der Waals surface area contributed by atoms with E-state index in [0.717, 1.165) is 130 Å². The van der Waals surface area contributed by atoms with E-state index in [1.54, 1.807) is 0 Å². The third-order valence-electron chi connectivity index (χ3n) is 13.7. The second-order valence-corrected chi connectivity index (χ2v) is 27.6. The highest BCUT2D eigenvalue weighted by Crippen LogP contribution is 2.57. The molecule has 0 fully saturated rings. The fraction of sp³-hybridized carbons (Fsp3) is 0.448. The average molecular weight is 1080 g/mol. The molecule has 2 aliphatic rings. The molecule has 0 saturated carbocycles. The number of hydrogen-bond acceptors (Lipinski definition) is 12. The van der Waals surface area contributed by atoms with Gasteiger partial charge in [0.15, 0.2) is 0 Å². The highest BCUT2D eigenvalue weighted by atomic mass is 32.1. The Morgan fingerprint density at radius 2 is 0.614 bits per heavy atom. The summed E-state index contributed by atoms with van der Waals surface area (Å²) in [6, 6.07) is 27.8. The van der Waals surface area contributed by atoms with Gasteiger partial charge in [0.1, 0.15) is 0 Å². The fourth-order valence-corrected chi connectivity index (χ4v) is 19.0. The Morgan fingerprint density at radius 3 is 0.871 bits per heavy atom. The smallest absolute Gasteiger partial charge is 0.0550 e. The van der Waals surface area contributed by atoms with Crippen molar-refractivity contribution in [3.63, 3.8) is 0 Å². The van der Waals surface area contributed by atoms with Crippen LogP contribution in [0.15, 0.2) is 83.6 Å². The van der Waals surface area contributed by atoms with Crippen LogP contribution in [0.2, 0.25) is 0 Å². The number of unbranched alkanes of at least 4 members (excludes halogenated alkanes) is 4. The van der Waals surface area contributed by atoms with E-state index < -0.39 is 0 Å². The maximum absolute atomic E-state index is 6.52. The van der Waals surface area contributed by atoms with E-state index in [9.17, 15) is 0 Å². The summed E-state index contributed by atoms with van der Waals surface area (Å²) in [5, 5.41) is 4.37. The number of rotatable bonds is 27. The summed E-state index contributed by atoms with van der Waals surface area (Å²) in [6.07, 6.45) is 12.9. The van der Waals surface area contributed by atoms with Gasteiger partial charge in [0.2, 0.25) is 0 Å². The van der Waals surface area contributed by atoms with Crippen LogP contribution in [0.4, 0.5) is 0 Å². The largest absolute Gasteiger partial charge is 0.381 e. The molecule has 8 aromatic rings. The zero-order valence-electron chi connectivity index (χ0n) is 41.1. The molecule has 0 unspecified atom stereocenters. The van der Waals surface area contributed by atoms with E-state index >= 15 is 0 Å². The lowest BCUT2D eigenvalue weighted by atomic mass is 9.86. The summed E-state index contributed by atoms with van der Waals surface area (Å²) < 4.78 is 26.1. The molecule has 12 heteroatoms. The molecule has 70 heavy (non-hydrogen) atoms. The van der Waals surface area contributed by atoms with Gasteiger partial charge in [-0.3, -0.25) is 0 Å². The fourth-order valence-electron chi connectivity index (χ4n) is 10.0. The van der Waals surface area contributed by atoms with Crippen molar-refractivity contribution in [1.29, 1.82) is 0 Å². The second-order valence-electron chi connectivity index (χ2n) is 19.4. The number of ether oxygens (including phenoxy) is 4. The monoisotopic (exact) mass is 1080 g/mol. The number of hydrogen-bond donors (Lipinski definition) is 0. The van der Waals surface area contributed by atoms with E-state index in [1.165, 1.54) is 90.5 Å². The van der Waals surface area contributed by atoms with Gasteiger partial charge in [-0.25, -0.2) is 0 Å². The first-order valence-corrected chi connectivity index (χ1v) is 32.2. The first-order valence-electron chi connectivity index (χ1n) is 25.5. The molecule has 0 atom stereocenters. The van der Waals surface area contributed by atoms with Crippen molar-refractivity contribution in [3.05, 3.63) is 106 Å². The third kappa shape index (κ3) is 11.2. The molecule has 0 spiro atoms. The lowest BCUT2D eigenvalue weighted by Gasteiger charge is -2.29. The summed E-state index contributed by atoms with van der Waals surface area (Å²) in [7, 11) is 0. The van der Waals surface area contributed by atoms with E-state index in [0.29, 0.717) is 0 Å². The van der Waals surface area contributed by atoms with Gasteiger partial charge in [-0.05, 0) is 145 Å². The molecular formula is C58H66O4S8. The van der Waals surface area contributed by atoms with E-state index in [1.807, 2.05) is 90.7 Å². The van der Waals surface area contributed by atoms with Crippen molar-refractivity contribution in [3.8, 4) is 68.3 Å². The predicted octanol–water partition coefficient (Wildman–Crippen LogP) is 19.3. The van der Waals surface area contributed by atoms with Crippen molar-refractivity contribution >= 4 is 90.7 Å². The molecule has 2 aliphatic carbocycles. The van der Waals surface area contributed by atoms with Crippen LogP contribution >= 0.6 is 90.7 Å². The molecule has 0 aromatic carbocycles. The van der Waals surface area contributed by atoms with Crippen LogP contribution in [0.5, 0.6) is 0 Å². The van der Waals surface area contributed by atoms with E-state index in [2.05, 4.69) is 111 Å². The second kappa shape index (κ2) is 23.8. The normalized spacial score (nSPS) is 14.9. The molecule has 0 amide bonds. The lowest BCUT2D eigenvalue weighted by Crippen LogP contribution is -2.34. The van der Waals surface area contributed by atoms with Crippen LogP contribution in [0, 0.1) is 10.8 Å². The molecule has 4 nitrogen and oxygen atoms in total. The number of thiophene rings is 8. The van der Waals surface area contributed by atoms with Crippen molar-refractivity contribution < 1.29 is 18.9 Å². The van der Waals surface area contributed by atoms with Crippen molar-refractivity contribution in [2.75, 3.05) is 52.9 Å². The maximum atomic E-state index is 6.52. The van der Waals surface area contributed by atoms with Crippen molar-refractivity contribution in [1.82, 2.24) is 0 Å². The van der Waals surface area contributed by atoms with Gasteiger partial charge < -0.3 is 18.9 Å². The van der Waals surface area contributed by atoms with Crippen molar-refractivity contribution in [2.45, 2.75) is 105 Å². The Morgan fingerprint density at radius 1 is 0.343 bits per heavy atom. The van der Waals surface area contributed by atoms with Crippen molar-refractivity contribution in [2.24, 2.45) is 10.8 Å². The SMILES string of the molecule is CCCCOCC1(COCCCC)Cc2c(-c3ccc(-c4cccs4)s3)sc(-c3ccc(-c4ccc(-c5sc(-c6ccc(-c7cccs7)s6)c6c5CC(COCCCC)(COCCCC)C6)s4)s3)c2C1. The first kappa shape index (κ1) is 50.9. The zero-order chi connectivity index (χ0) is 47.9. The first-order chi connectivity index (χ1) is 34.4. The zero-order valence-corrected chi connectivity index (χ0v) is 47.7. The van der Waals surface area contributed by atoms with Crippen LogP contribution in [0.3, 0.4) is 0 Å². The predicted molar refractivity (Wildman–Crippen MR) is 310 cm³/mol. The van der Waals surface area contributed by atoms with Gasteiger partial charge in [-0.15, -0.1) is 90.7 Å². The molecule has 0 N–H and O–H groups in total. The van der Waals surface area contributed by atoms with Crippen LogP contribution in [-0.4, -0.2) is 52.9 Å². The summed E-state index contributed by atoms with van der Waals surface area (Å²) in [6.45, 7) is 15.2. The van der Waals surface area contributed by atoms with Crippen LogP contribution in [0.25, 0.3) is 68.3 Å². The summed E-state index contributed by atoms with van der Waals surface area (Å²) in [5.41, 5.74) is 5.95. The Balaban J connectivity index is 0.981. The molecule has 8 heterocycles. The van der Waals surface area contributed by atoms with Crippen LogP contribution in [-0.2, 0) is 44.6 Å². The molecular weight excluding hydrogens is 1020 g/mol. The lowest BCUT2D eigenvalue weighted by molar-refractivity contribution is -0.0187. The molecule has 0 saturated heterocycles. The van der Waals surface area contributed by atoms with Gasteiger partial charge in [-0.1, -0.05) is 65.5 Å². The summed E-state index contributed by atoms with van der Waals surface area (Å²) >= 11 is 15.5. The topological polar surface area (TPSA) is 36.9 Å². The molecule has 0 radical (unpaired) electrons. The molecule has 370 valence electrons. The minimum Gasteiger partial charge on any atom is -0.381 e. The Hall–Kier alpha value is -2.56. The summed E-state index contributed by atoms with van der Waals surface area (Å²) in [4.78, 5) is 19.3. The van der Waals surface area contributed by atoms with E-state index in [-0.39, 0.29) is 10.8 Å². The Kier molecular flexibility index (Phi) is 17.3. The van der Waals surface area contributed by atoms with E-state index in [4.69, 9.17) is 18.9 Å². The highest BCUT2D eigenvalue weighted by molar-refractivity contribution is 7.31. The molecule has 0 aliphatic heterocycles. The standard InChI is InChI=1S/C58H66O4S8/c1-5-9-25-59-35-57(36-60-26-10-6-2)31-39-41(33-57)55(69-53(39)49-21-17-45(65-49)43-15-13-29-63-43)51-23-19-47(67-51)48-20-24-52(68-48)56-42-34-58(37-61-27-11-7-3,38-62-28-12-8-4)32-40(42)54(70-56)50-22-18-46(66-50)44-16-14-30-64-44/h13-24,29-30H,5-12,25-28,31-38H2,1-4H3. The average Bonchev–Trinajstić information content (AvgIpc) is 4.20. The minimum absolute atomic E-state index is 0.0600. The van der Waals surface area contributed by atoms with Gasteiger partial charge in [-0.2, -0.15) is 0 Å². The quantitative estimate of drug-likeness (QED) is 0.0481. The van der Waals surface area contributed by atoms with Crippen LogP contribution < -0.4 is 0 Å². The van der Waals surface area contributed by atoms with Gasteiger partial charge >= 0.3 is 0 Å². The minimum atomic E-state index is -0.0600. The van der Waals surface area contributed by atoms with Gasteiger partial charge in [0.05, 0.1) is 26.4 Å². The Labute approximate surface area is 448 Å². The van der Waals surface area contributed by atoms with Crippen LogP contribution in [0.1, 0.15) is 101 Å². The summed E-state index contributed by atoms with van der Waals surface area (Å²) in [5.74, 6) is 0. The third-order valence-corrected chi connectivity index (χ3v) is 23.7. The maximum Gasteiger partial charge on any atom is 0.0550 e. The molecule has 10 rings (SSSR count). The van der Waals surface area contributed by atoms with Gasteiger partial charge in [0, 0.05) is 106 Å². The molecule has 0 bridgehead atoms. The highest BCUT2D eigenvalue weighted by Gasteiger charge is 2.44. The van der Waals surface area contributed by atoms with Gasteiger partial charge in [0.25, 0.3) is 0 Å². The molecule has 8 aromatic heterocycles.